The number of hydrogen-bond donors (Lipinski definition) is 1. The van der Waals surface area contributed by atoms with Gasteiger partial charge in [0.25, 0.3) is 0 Å². The van der Waals surface area contributed by atoms with E-state index in [4.69, 9.17) is 0 Å². The minimum Gasteiger partial charge on any atom is -0.504 e. The first-order valence-corrected chi connectivity index (χ1v) is 11.2. The predicted molar refractivity (Wildman–Crippen MR) is 128 cm³/mol. The molecule has 0 aromatic heterocycles. The quantitative estimate of drug-likeness (QED) is 0.263. The molecular weight excluding hydrogens is 382 g/mol. The molecule has 0 radical (unpaired) electrons. The fourth-order valence-electron chi connectivity index (χ4n) is 4.07. The van der Waals surface area contributed by atoms with Crippen LogP contribution >= 0.6 is 0 Å². The zero-order valence-corrected chi connectivity index (χ0v) is 18.8. The smallest absolute Gasteiger partial charge is 0.196 e. The lowest BCUT2D eigenvalue weighted by Crippen LogP contribution is -2.31. The first-order valence-electron chi connectivity index (χ1n) is 11.2. The molecule has 31 heavy (non-hydrogen) atoms. The van der Waals surface area contributed by atoms with Crippen LogP contribution in [0.2, 0.25) is 0 Å². The van der Waals surface area contributed by atoms with Gasteiger partial charge in [-0.2, -0.15) is 0 Å². The average molecular weight is 416 g/mol. The third-order valence-corrected chi connectivity index (χ3v) is 5.80. The van der Waals surface area contributed by atoms with E-state index in [1.807, 2.05) is 6.92 Å². The van der Waals surface area contributed by atoms with Gasteiger partial charge in [0.15, 0.2) is 11.5 Å². The van der Waals surface area contributed by atoms with E-state index in [0.29, 0.717) is 12.3 Å². The van der Waals surface area contributed by atoms with Crippen LogP contribution in [0.5, 0.6) is 0 Å². The van der Waals surface area contributed by atoms with Crippen molar-refractivity contribution in [2.75, 3.05) is 0 Å². The lowest BCUT2D eigenvalue weighted by Gasteiger charge is -2.29. The lowest BCUT2D eigenvalue weighted by atomic mass is 9.85. The van der Waals surface area contributed by atoms with Crippen LogP contribution in [0.15, 0.2) is 96.0 Å². The molecular formula is C28H33NO2. The van der Waals surface area contributed by atoms with Gasteiger partial charge >= 0.3 is 0 Å². The van der Waals surface area contributed by atoms with Crippen molar-refractivity contribution >= 4 is 5.78 Å². The second-order valence-electron chi connectivity index (χ2n) is 8.23. The van der Waals surface area contributed by atoms with Crippen molar-refractivity contribution < 1.29 is 9.90 Å². The van der Waals surface area contributed by atoms with Crippen LogP contribution in [0.1, 0.15) is 44.7 Å². The summed E-state index contributed by atoms with van der Waals surface area (Å²) in [6, 6.07) is 21.4. The first kappa shape index (κ1) is 22.6. The molecule has 0 amide bonds. The molecule has 0 bridgehead atoms. The Hall–Kier alpha value is -3.07. The fourth-order valence-corrected chi connectivity index (χ4v) is 4.07. The molecule has 3 nitrogen and oxygen atoms in total. The molecule has 0 saturated carbocycles. The predicted octanol–water partition coefficient (Wildman–Crippen LogP) is 6.39. The summed E-state index contributed by atoms with van der Waals surface area (Å²) in [5.41, 5.74) is 4.89. The van der Waals surface area contributed by atoms with Gasteiger partial charge in [-0.3, -0.25) is 4.79 Å². The number of rotatable bonds is 11. The molecule has 1 N–H and O–H groups in total. The minimum absolute atomic E-state index is 0.160. The van der Waals surface area contributed by atoms with E-state index in [2.05, 4.69) is 84.8 Å². The number of carbonyl (C=O) groups excluding carboxylic acids is 1. The molecule has 162 valence electrons. The van der Waals surface area contributed by atoms with Crippen LogP contribution in [-0.2, 0) is 17.6 Å². The van der Waals surface area contributed by atoms with Crippen molar-refractivity contribution in [2.45, 2.75) is 52.5 Å². The number of nitrogens with zero attached hydrogens (tertiary/aromatic N) is 1. The fraction of sp³-hybridized carbons (Fsp3) is 0.321. The molecule has 1 heterocycles. The number of aliphatic hydroxyl groups excluding tert-OH is 1. The van der Waals surface area contributed by atoms with Gasteiger partial charge in [0.2, 0.25) is 0 Å². The van der Waals surface area contributed by atoms with E-state index in [1.54, 1.807) is 13.0 Å². The SMILES string of the molecule is CCC(=O)/C(O)=C/C(C)=C/C(C(Cc1ccccc1)Cc1ccccc1)N1C=C1CC. The maximum Gasteiger partial charge on any atom is 0.196 e. The molecule has 3 heteroatoms. The largest absolute Gasteiger partial charge is 0.504 e. The summed E-state index contributed by atoms with van der Waals surface area (Å²) in [5, 5.41) is 10.1. The summed E-state index contributed by atoms with van der Waals surface area (Å²) < 4.78 is 0. The zero-order chi connectivity index (χ0) is 22.2. The van der Waals surface area contributed by atoms with Gasteiger partial charge in [-0.1, -0.05) is 80.6 Å². The Morgan fingerprint density at radius 3 is 1.97 bits per heavy atom. The van der Waals surface area contributed by atoms with Gasteiger partial charge in [-0.05, 0) is 54.9 Å². The topological polar surface area (TPSA) is 40.3 Å². The van der Waals surface area contributed by atoms with Crippen LogP contribution in [0.4, 0.5) is 0 Å². The Morgan fingerprint density at radius 2 is 1.52 bits per heavy atom. The van der Waals surface area contributed by atoms with Crippen LogP contribution in [0.3, 0.4) is 0 Å². The molecule has 0 aliphatic carbocycles. The van der Waals surface area contributed by atoms with E-state index >= 15 is 0 Å². The molecule has 0 fully saturated rings. The van der Waals surface area contributed by atoms with Gasteiger partial charge in [0, 0.05) is 18.3 Å². The molecule has 1 unspecified atom stereocenters. The summed E-state index contributed by atoms with van der Waals surface area (Å²) >= 11 is 0. The van der Waals surface area contributed by atoms with E-state index in [1.165, 1.54) is 16.8 Å². The van der Waals surface area contributed by atoms with Gasteiger partial charge in [-0.25, -0.2) is 0 Å². The molecule has 0 saturated heterocycles. The summed E-state index contributed by atoms with van der Waals surface area (Å²) in [6.07, 6.45) is 9.24. The number of allylic oxidation sites excluding steroid dienone is 4. The Kier molecular flexibility index (Phi) is 7.88. The molecule has 1 aliphatic rings. The standard InChI is InChI=1S/C28H33NO2/c1-4-25-20-29(25)26(16-21(3)17-28(31)27(30)5-2)24(18-22-12-8-6-9-13-22)19-23-14-10-7-11-15-23/h6-17,20,24,26,31H,4-5,18-19H2,1-3H3/b21-16+,28-17-. The summed E-state index contributed by atoms with van der Waals surface area (Å²) in [5.74, 6) is -0.0434. The summed E-state index contributed by atoms with van der Waals surface area (Å²) in [4.78, 5) is 14.2. The Bertz CT molecular complexity index is 916. The first-order chi connectivity index (χ1) is 15.0. The van der Waals surface area contributed by atoms with Crippen molar-refractivity contribution in [1.82, 2.24) is 4.90 Å². The van der Waals surface area contributed by atoms with Gasteiger partial charge < -0.3 is 10.0 Å². The van der Waals surface area contributed by atoms with Crippen LogP contribution in [0.25, 0.3) is 0 Å². The third-order valence-electron chi connectivity index (χ3n) is 5.80. The van der Waals surface area contributed by atoms with E-state index in [9.17, 15) is 9.90 Å². The van der Waals surface area contributed by atoms with Crippen LogP contribution in [0, 0.1) is 5.92 Å². The number of carbonyl (C=O) groups is 1. The van der Waals surface area contributed by atoms with Crippen LogP contribution < -0.4 is 0 Å². The second kappa shape index (κ2) is 10.8. The highest BCUT2D eigenvalue weighted by atomic mass is 16.3. The number of Topliss-reactive ketones (excluding diaryl/α,β-unsaturated/α-hetero) is 1. The Balaban J connectivity index is 1.92. The molecule has 1 atom stereocenters. The van der Waals surface area contributed by atoms with Crippen molar-refractivity contribution in [2.24, 2.45) is 5.92 Å². The van der Waals surface area contributed by atoms with Crippen molar-refractivity contribution in [3.05, 3.63) is 107 Å². The molecule has 2 aromatic rings. The zero-order valence-electron chi connectivity index (χ0n) is 18.8. The monoisotopic (exact) mass is 415 g/mol. The third kappa shape index (κ3) is 6.45. The van der Waals surface area contributed by atoms with Gasteiger partial charge in [-0.15, -0.1) is 0 Å². The molecule has 2 aromatic carbocycles. The van der Waals surface area contributed by atoms with E-state index < -0.39 is 0 Å². The number of benzene rings is 2. The van der Waals surface area contributed by atoms with Gasteiger partial charge in [0.05, 0.1) is 6.04 Å². The van der Waals surface area contributed by atoms with Crippen molar-refractivity contribution in [3.63, 3.8) is 0 Å². The van der Waals surface area contributed by atoms with Gasteiger partial charge in [0.1, 0.15) is 0 Å². The van der Waals surface area contributed by atoms with Crippen molar-refractivity contribution in [1.29, 1.82) is 0 Å². The Morgan fingerprint density at radius 1 is 0.968 bits per heavy atom. The maximum absolute atomic E-state index is 11.8. The second-order valence-corrected chi connectivity index (χ2v) is 8.23. The van der Waals surface area contributed by atoms with E-state index in [0.717, 1.165) is 24.8 Å². The number of hydrogen-bond acceptors (Lipinski definition) is 3. The Labute approximate surface area is 186 Å². The number of ketones is 1. The van der Waals surface area contributed by atoms with Crippen LogP contribution in [-0.4, -0.2) is 21.8 Å². The molecule has 3 rings (SSSR count). The normalized spacial score (nSPS) is 15.1. The lowest BCUT2D eigenvalue weighted by molar-refractivity contribution is -0.117. The van der Waals surface area contributed by atoms with E-state index in [-0.39, 0.29) is 17.6 Å². The highest BCUT2D eigenvalue weighted by Gasteiger charge is 2.32. The average Bonchev–Trinajstić information content (AvgIpc) is 3.57. The summed E-state index contributed by atoms with van der Waals surface area (Å²) in [6.45, 7) is 5.90. The molecule has 1 aliphatic heterocycles. The highest BCUT2D eigenvalue weighted by Crippen LogP contribution is 2.35. The minimum atomic E-state index is -0.228. The summed E-state index contributed by atoms with van der Waals surface area (Å²) in [7, 11) is 0. The molecule has 0 spiro atoms. The van der Waals surface area contributed by atoms with Crippen molar-refractivity contribution in [3.8, 4) is 0 Å². The highest BCUT2D eigenvalue weighted by molar-refractivity contribution is 5.93. The number of aliphatic hydroxyl groups is 1. The maximum atomic E-state index is 11.8.